The van der Waals surface area contributed by atoms with Gasteiger partial charge in [-0.2, -0.15) is 13.2 Å². The zero-order valence-corrected chi connectivity index (χ0v) is 15.0. The third-order valence-corrected chi connectivity index (χ3v) is 6.10. The van der Waals surface area contributed by atoms with E-state index in [2.05, 4.69) is 0 Å². The smallest absolute Gasteiger partial charge is 0.399 e. The maximum absolute atomic E-state index is 12.7. The Hall–Kier alpha value is -0.990. The summed E-state index contributed by atoms with van der Waals surface area (Å²) in [5.74, 6) is 0. The molecular formula is C14H19B2F3O4S. The van der Waals surface area contributed by atoms with Gasteiger partial charge < -0.3 is 9.31 Å². The Morgan fingerprint density at radius 3 is 2.04 bits per heavy atom. The van der Waals surface area contributed by atoms with Gasteiger partial charge in [0, 0.05) is 0 Å². The largest absolute Gasteiger partial charge is 0.501 e. The Morgan fingerprint density at radius 2 is 1.62 bits per heavy atom. The highest BCUT2D eigenvalue weighted by Gasteiger charge is 2.52. The zero-order valence-electron chi connectivity index (χ0n) is 14.2. The standard InChI is InChI=1S/C14H19B2F3O4S/c1-12(2)13(3,4)23-16(22-12)11-6-5-10(7-9(11)8-15)24(20,21)14(17,18)19/h5-7H,8,15H2,1-4H3. The molecule has 2 rings (SSSR count). The maximum Gasteiger partial charge on any atom is 0.501 e. The Bertz CT molecular complexity index is 729. The second-order valence-electron chi connectivity index (χ2n) is 6.75. The highest BCUT2D eigenvalue weighted by Crippen LogP contribution is 2.37. The van der Waals surface area contributed by atoms with Gasteiger partial charge in [-0.05, 0) is 45.3 Å². The Morgan fingerprint density at radius 1 is 1.12 bits per heavy atom. The first kappa shape index (κ1) is 19.3. The van der Waals surface area contributed by atoms with Gasteiger partial charge in [0.1, 0.15) is 7.85 Å². The first-order valence-corrected chi connectivity index (χ1v) is 9.01. The van der Waals surface area contributed by atoms with Gasteiger partial charge >= 0.3 is 12.6 Å². The number of rotatable bonds is 3. The second kappa shape index (κ2) is 5.78. The number of sulfone groups is 1. The van der Waals surface area contributed by atoms with E-state index in [9.17, 15) is 21.6 Å². The topological polar surface area (TPSA) is 52.6 Å². The Kier molecular flexibility index (Phi) is 4.65. The molecule has 10 heteroatoms. The first-order valence-electron chi connectivity index (χ1n) is 7.53. The van der Waals surface area contributed by atoms with E-state index >= 15 is 0 Å². The molecule has 0 spiro atoms. The van der Waals surface area contributed by atoms with Gasteiger partial charge in [-0.15, -0.1) is 0 Å². The van der Waals surface area contributed by atoms with Crippen molar-refractivity contribution in [2.75, 3.05) is 0 Å². The molecule has 0 radical (unpaired) electrons. The van der Waals surface area contributed by atoms with Crippen LogP contribution in [0, 0.1) is 0 Å². The highest BCUT2D eigenvalue weighted by atomic mass is 32.2. The average molecular weight is 362 g/mol. The minimum atomic E-state index is -5.38. The fourth-order valence-corrected chi connectivity index (χ4v) is 3.20. The van der Waals surface area contributed by atoms with Crippen LogP contribution in [0.25, 0.3) is 0 Å². The molecule has 1 aromatic carbocycles. The van der Waals surface area contributed by atoms with Crippen LogP contribution in [0.4, 0.5) is 13.2 Å². The molecule has 1 heterocycles. The number of hydrogen-bond donors (Lipinski definition) is 0. The van der Waals surface area contributed by atoms with Crippen molar-refractivity contribution in [2.45, 2.75) is 55.6 Å². The van der Waals surface area contributed by atoms with Crippen LogP contribution in [0.3, 0.4) is 0 Å². The molecule has 0 unspecified atom stereocenters. The van der Waals surface area contributed by atoms with Gasteiger partial charge in [0.15, 0.2) is 0 Å². The van der Waals surface area contributed by atoms with Gasteiger partial charge in [0.05, 0.1) is 16.1 Å². The minimum Gasteiger partial charge on any atom is -0.399 e. The average Bonchev–Trinajstić information content (AvgIpc) is 2.65. The van der Waals surface area contributed by atoms with Crippen LogP contribution >= 0.6 is 0 Å². The van der Waals surface area contributed by atoms with Crippen LogP contribution < -0.4 is 5.46 Å². The quantitative estimate of drug-likeness (QED) is 0.764. The molecule has 0 bridgehead atoms. The van der Waals surface area contributed by atoms with Crippen LogP contribution in [0.15, 0.2) is 23.1 Å². The van der Waals surface area contributed by atoms with E-state index in [1.165, 1.54) is 6.07 Å². The molecule has 1 fully saturated rings. The summed E-state index contributed by atoms with van der Waals surface area (Å²) < 4.78 is 73.1. The Balaban J connectivity index is 2.46. The summed E-state index contributed by atoms with van der Waals surface area (Å²) in [6.07, 6.45) is 0.348. The predicted molar refractivity (Wildman–Crippen MR) is 87.6 cm³/mol. The number of alkyl halides is 3. The monoisotopic (exact) mass is 362 g/mol. The molecule has 0 aliphatic carbocycles. The van der Waals surface area contributed by atoms with Crippen LogP contribution in [0.2, 0.25) is 0 Å². The van der Waals surface area contributed by atoms with Gasteiger partial charge in [-0.3, -0.25) is 0 Å². The normalized spacial score (nSPS) is 20.4. The lowest BCUT2D eigenvalue weighted by Crippen LogP contribution is -2.41. The van der Waals surface area contributed by atoms with Crippen LogP contribution in [0.1, 0.15) is 33.3 Å². The maximum atomic E-state index is 12.7. The van der Waals surface area contributed by atoms with Gasteiger partial charge in [-0.1, -0.05) is 17.9 Å². The van der Waals surface area contributed by atoms with Gasteiger partial charge in [0.2, 0.25) is 0 Å². The van der Waals surface area contributed by atoms with Crippen LogP contribution in [0.5, 0.6) is 0 Å². The molecule has 0 N–H and O–H groups in total. The molecule has 1 saturated heterocycles. The van der Waals surface area contributed by atoms with Crippen molar-refractivity contribution in [1.82, 2.24) is 0 Å². The molecule has 0 aromatic heterocycles. The van der Waals surface area contributed by atoms with Gasteiger partial charge in [0.25, 0.3) is 9.84 Å². The SMILES string of the molecule is BCc1cc(S(=O)(=O)C(F)(F)F)ccc1B1OC(C)(C)C(C)(C)O1. The summed E-state index contributed by atoms with van der Waals surface area (Å²) in [5, 5.41) is 0. The third kappa shape index (κ3) is 3.11. The number of halogens is 3. The van der Waals surface area contributed by atoms with E-state index in [0.29, 0.717) is 17.3 Å². The summed E-state index contributed by atoms with van der Waals surface area (Å²) in [6.45, 7) is 7.45. The molecule has 4 nitrogen and oxygen atoms in total. The summed E-state index contributed by atoms with van der Waals surface area (Å²) in [4.78, 5) is -0.771. The molecule has 0 amide bonds. The fraction of sp³-hybridized carbons (Fsp3) is 0.571. The van der Waals surface area contributed by atoms with E-state index in [4.69, 9.17) is 9.31 Å². The van der Waals surface area contributed by atoms with Crippen LogP contribution in [-0.4, -0.2) is 40.1 Å². The molecular weight excluding hydrogens is 343 g/mol. The minimum absolute atomic E-state index is 0.348. The summed E-state index contributed by atoms with van der Waals surface area (Å²) in [7, 11) is -4.40. The van der Waals surface area contributed by atoms with Gasteiger partial charge in [-0.25, -0.2) is 8.42 Å². The molecule has 24 heavy (non-hydrogen) atoms. The van der Waals surface area contributed by atoms with Crippen molar-refractivity contribution < 1.29 is 30.9 Å². The van der Waals surface area contributed by atoms with E-state index in [-0.39, 0.29) is 0 Å². The Labute approximate surface area is 141 Å². The van der Waals surface area contributed by atoms with Crippen molar-refractivity contribution in [2.24, 2.45) is 0 Å². The first-order chi connectivity index (χ1) is 10.7. The van der Waals surface area contributed by atoms with E-state index in [1.54, 1.807) is 7.85 Å². The molecule has 0 atom stereocenters. The van der Waals surface area contributed by atoms with Crippen LogP contribution in [-0.2, 0) is 25.5 Å². The van der Waals surface area contributed by atoms with Crippen molar-refractivity contribution in [3.63, 3.8) is 0 Å². The third-order valence-electron chi connectivity index (χ3n) is 4.62. The molecule has 1 aromatic rings. The van der Waals surface area contributed by atoms with Crippen molar-refractivity contribution in [3.05, 3.63) is 23.8 Å². The highest BCUT2D eigenvalue weighted by molar-refractivity contribution is 7.92. The molecule has 0 saturated carbocycles. The van der Waals surface area contributed by atoms with Crippen molar-refractivity contribution >= 4 is 30.3 Å². The van der Waals surface area contributed by atoms with Crippen molar-refractivity contribution in [3.8, 4) is 0 Å². The predicted octanol–water partition coefficient (Wildman–Crippen LogP) is 1.41. The summed E-state index contributed by atoms with van der Waals surface area (Å²) >= 11 is 0. The number of benzene rings is 1. The lowest BCUT2D eigenvalue weighted by atomic mass is 9.73. The van der Waals surface area contributed by atoms with E-state index in [0.717, 1.165) is 12.1 Å². The molecule has 1 aliphatic rings. The van der Waals surface area contributed by atoms with E-state index in [1.807, 2.05) is 27.7 Å². The lowest BCUT2D eigenvalue weighted by Gasteiger charge is -2.32. The second-order valence-corrected chi connectivity index (χ2v) is 8.69. The van der Waals surface area contributed by atoms with E-state index < -0.39 is 38.6 Å². The summed E-state index contributed by atoms with van der Waals surface area (Å²) in [5.41, 5.74) is -5.54. The lowest BCUT2D eigenvalue weighted by molar-refractivity contribution is -0.0436. The molecule has 132 valence electrons. The zero-order chi connectivity index (χ0) is 18.6. The molecule has 1 aliphatic heterocycles. The number of hydrogen-bond acceptors (Lipinski definition) is 4. The van der Waals surface area contributed by atoms with Crippen molar-refractivity contribution in [1.29, 1.82) is 0 Å². The summed E-state index contributed by atoms with van der Waals surface area (Å²) in [6, 6.07) is 3.32. The fourth-order valence-electron chi connectivity index (χ4n) is 2.39.